The van der Waals surface area contributed by atoms with Crippen molar-refractivity contribution in [1.29, 1.82) is 0 Å². The second kappa shape index (κ2) is 8.61. The fraction of sp³-hybridized carbons (Fsp3) is 0.316. The second-order valence-electron chi connectivity index (χ2n) is 6.59. The third kappa shape index (κ3) is 4.07. The Morgan fingerprint density at radius 1 is 1.18 bits per heavy atom. The van der Waals surface area contributed by atoms with Crippen molar-refractivity contribution in [3.05, 3.63) is 64.1 Å². The van der Waals surface area contributed by atoms with Crippen LogP contribution in [0.25, 0.3) is 0 Å². The summed E-state index contributed by atoms with van der Waals surface area (Å²) in [4.78, 5) is 23.5. The summed E-state index contributed by atoms with van der Waals surface area (Å²) in [5.74, 6) is -0.0672. The molecule has 2 aliphatic rings. The van der Waals surface area contributed by atoms with E-state index in [1.54, 1.807) is 24.5 Å². The van der Waals surface area contributed by atoms with Gasteiger partial charge in [-0.3, -0.25) is 9.69 Å². The van der Waals surface area contributed by atoms with Crippen LogP contribution in [0.4, 0.5) is 5.13 Å². The van der Waals surface area contributed by atoms with Gasteiger partial charge in [-0.2, -0.15) is 4.37 Å². The first-order valence-corrected chi connectivity index (χ1v) is 10.5. The Morgan fingerprint density at radius 2 is 2.00 bits per heavy atom. The van der Waals surface area contributed by atoms with Crippen molar-refractivity contribution in [3.63, 3.8) is 0 Å². The summed E-state index contributed by atoms with van der Waals surface area (Å²) in [7, 11) is 0. The molecular formula is C19H19Cl2N5OS. The molecule has 2 aliphatic heterocycles. The van der Waals surface area contributed by atoms with E-state index in [2.05, 4.69) is 37.4 Å². The molecule has 1 saturated heterocycles. The maximum absolute atomic E-state index is 12.8. The zero-order valence-corrected chi connectivity index (χ0v) is 17.4. The Labute approximate surface area is 177 Å². The van der Waals surface area contributed by atoms with E-state index in [0.29, 0.717) is 28.7 Å². The third-order valence-corrected chi connectivity index (χ3v) is 6.37. The van der Waals surface area contributed by atoms with Gasteiger partial charge in [-0.05, 0) is 18.2 Å². The van der Waals surface area contributed by atoms with Gasteiger partial charge in [-0.1, -0.05) is 41.4 Å². The van der Waals surface area contributed by atoms with Crippen LogP contribution in [0.3, 0.4) is 0 Å². The van der Waals surface area contributed by atoms with Crippen molar-refractivity contribution in [2.75, 3.05) is 44.2 Å². The average Bonchev–Trinajstić information content (AvgIpc) is 3.25. The number of aromatic nitrogens is 2. The van der Waals surface area contributed by atoms with E-state index < -0.39 is 0 Å². The molecule has 0 spiro atoms. The molecule has 146 valence electrons. The highest BCUT2D eigenvalue weighted by Crippen LogP contribution is 2.27. The first-order valence-electron chi connectivity index (χ1n) is 8.99. The predicted molar refractivity (Wildman–Crippen MR) is 113 cm³/mol. The Balaban J connectivity index is 1.38. The summed E-state index contributed by atoms with van der Waals surface area (Å²) in [5, 5.41) is 1.63. The number of carbonyl (C=O) groups excluding carboxylic acids is 1. The van der Waals surface area contributed by atoms with Gasteiger partial charge in [0.2, 0.25) is 5.13 Å². The van der Waals surface area contributed by atoms with E-state index in [9.17, 15) is 4.79 Å². The van der Waals surface area contributed by atoms with E-state index in [0.717, 1.165) is 31.3 Å². The standard InChI is InChI=1S/C19H19Cl2N5OS/c20-16-6-3-5-15(17(16)21)18(27)25-10-8-24(9-11-25)12-14-4-1-2-7-26(14)19-22-13-23-28-19/h1-6,13H,7-12H2. The zero-order valence-electron chi connectivity index (χ0n) is 15.1. The Kier molecular flexibility index (Phi) is 5.96. The van der Waals surface area contributed by atoms with Gasteiger partial charge in [0.1, 0.15) is 6.33 Å². The molecule has 0 N–H and O–H groups in total. The van der Waals surface area contributed by atoms with E-state index in [1.165, 1.54) is 17.2 Å². The van der Waals surface area contributed by atoms with E-state index >= 15 is 0 Å². The molecule has 1 aromatic heterocycles. The van der Waals surface area contributed by atoms with Gasteiger partial charge in [0.25, 0.3) is 5.91 Å². The smallest absolute Gasteiger partial charge is 0.255 e. The molecule has 9 heteroatoms. The molecule has 0 atom stereocenters. The minimum Gasteiger partial charge on any atom is -0.336 e. The summed E-state index contributed by atoms with van der Waals surface area (Å²) in [6, 6.07) is 5.17. The first-order chi connectivity index (χ1) is 13.6. The molecule has 6 nitrogen and oxygen atoms in total. The normalized spacial score (nSPS) is 17.7. The lowest BCUT2D eigenvalue weighted by atomic mass is 10.1. The van der Waals surface area contributed by atoms with Gasteiger partial charge in [-0.25, -0.2) is 4.98 Å². The monoisotopic (exact) mass is 435 g/mol. The summed E-state index contributed by atoms with van der Waals surface area (Å²) < 4.78 is 4.11. The maximum atomic E-state index is 12.8. The molecule has 28 heavy (non-hydrogen) atoms. The predicted octanol–water partition coefficient (Wildman–Crippen LogP) is 3.56. The lowest BCUT2D eigenvalue weighted by molar-refractivity contribution is 0.0647. The third-order valence-electron chi connectivity index (χ3n) is 4.87. The first kappa shape index (κ1) is 19.4. The molecule has 2 aromatic rings. The number of benzene rings is 1. The van der Waals surface area contributed by atoms with Crippen LogP contribution < -0.4 is 4.90 Å². The minimum atomic E-state index is -0.0672. The topological polar surface area (TPSA) is 52.6 Å². The van der Waals surface area contributed by atoms with Crippen LogP contribution in [-0.2, 0) is 0 Å². The highest BCUT2D eigenvalue weighted by Gasteiger charge is 2.26. The Morgan fingerprint density at radius 3 is 2.75 bits per heavy atom. The molecule has 0 bridgehead atoms. The van der Waals surface area contributed by atoms with Gasteiger partial charge in [0, 0.05) is 56.5 Å². The minimum absolute atomic E-state index is 0.0672. The Hall–Kier alpha value is -1.93. The van der Waals surface area contributed by atoms with E-state index in [1.807, 2.05) is 4.90 Å². The maximum Gasteiger partial charge on any atom is 0.255 e. The van der Waals surface area contributed by atoms with Crippen molar-refractivity contribution < 1.29 is 4.79 Å². The molecule has 3 heterocycles. The molecule has 1 aromatic carbocycles. The SMILES string of the molecule is O=C(c1cccc(Cl)c1Cl)N1CCN(CC2=CC=CCN2c2ncns2)CC1. The number of piperazine rings is 1. The number of rotatable bonds is 4. The number of anilines is 1. The highest BCUT2D eigenvalue weighted by atomic mass is 35.5. The van der Waals surface area contributed by atoms with Crippen LogP contribution in [0.1, 0.15) is 10.4 Å². The number of nitrogens with zero attached hydrogens (tertiary/aromatic N) is 5. The summed E-state index contributed by atoms with van der Waals surface area (Å²) in [6.07, 6.45) is 7.89. The van der Waals surface area contributed by atoms with Crippen molar-refractivity contribution in [2.45, 2.75) is 0 Å². The molecular weight excluding hydrogens is 417 g/mol. The van der Waals surface area contributed by atoms with Crippen molar-refractivity contribution in [3.8, 4) is 0 Å². The summed E-state index contributed by atoms with van der Waals surface area (Å²) in [5.41, 5.74) is 1.65. The molecule has 4 rings (SSSR count). The Bertz CT molecular complexity index is 907. The van der Waals surface area contributed by atoms with E-state index in [4.69, 9.17) is 23.2 Å². The van der Waals surface area contributed by atoms with Crippen molar-refractivity contribution in [1.82, 2.24) is 19.2 Å². The number of halogens is 2. The summed E-state index contributed by atoms with van der Waals surface area (Å²) >= 11 is 13.7. The zero-order chi connectivity index (χ0) is 19.5. The van der Waals surface area contributed by atoms with Crippen LogP contribution in [0.15, 0.2) is 48.5 Å². The quantitative estimate of drug-likeness (QED) is 0.734. The molecule has 0 saturated carbocycles. The largest absolute Gasteiger partial charge is 0.336 e. The van der Waals surface area contributed by atoms with Crippen LogP contribution in [0.2, 0.25) is 10.0 Å². The second-order valence-corrected chi connectivity index (χ2v) is 8.13. The molecule has 1 amide bonds. The molecule has 1 fully saturated rings. The van der Waals surface area contributed by atoms with Crippen LogP contribution in [-0.4, -0.2) is 64.3 Å². The number of hydrogen-bond donors (Lipinski definition) is 0. The van der Waals surface area contributed by atoms with Gasteiger partial charge in [-0.15, -0.1) is 0 Å². The number of carbonyl (C=O) groups is 1. The lowest BCUT2D eigenvalue weighted by Gasteiger charge is -2.37. The average molecular weight is 436 g/mol. The van der Waals surface area contributed by atoms with Crippen molar-refractivity contribution in [2.24, 2.45) is 0 Å². The number of hydrogen-bond acceptors (Lipinski definition) is 6. The van der Waals surface area contributed by atoms with Crippen LogP contribution in [0, 0.1) is 0 Å². The fourth-order valence-electron chi connectivity index (χ4n) is 3.36. The highest BCUT2D eigenvalue weighted by molar-refractivity contribution is 7.09. The van der Waals surface area contributed by atoms with Gasteiger partial charge >= 0.3 is 0 Å². The van der Waals surface area contributed by atoms with Gasteiger partial charge < -0.3 is 9.80 Å². The number of amides is 1. The van der Waals surface area contributed by atoms with Crippen LogP contribution >= 0.6 is 34.7 Å². The molecule has 0 aliphatic carbocycles. The van der Waals surface area contributed by atoms with E-state index in [-0.39, 0.29) is 5.91 Å². The van der Waals surface area contributed by atoms with Crippen molar-refractivity contribution >= 4 is 45.8 Å². The lowest BCUT2D eigenvalue weighted by Crippen LogP contribution is -2.50. The van der Waals surface area contributed by atoms with Gasteiger partial charge in [0.05, 0.1) is 15.6 Å². The van der Waals surface area contributed by atoms with Gasteiger partial charge in [0.15, 0.2) is 0 Å². The number of allylic oxidation sites excluding steroid dienone is 2. The molecule has 0 radical (unpaired) electrons. The van der Waals surface area contributed by atoms with Crippen LogP contribution in [0.5, 0.6) is 0 Å². The molecule has 0 unspecified atom stereocenters. The summed E-state index contributed by atoms with van der Waals surface area (Å²) in [6.45, 7) is 4.52. The fourth-order valence-corrected chi connectivity index (χ4v) is 4.31.